The first-order chi connectivity index (χ1) is 6.12. The zero-order chi connectivity index (χ0) is 9.47. The van der Waals surface area contributed by atoms with Crippen molar-refractivity contribution in [2.24, 2.45) is 5.73 Å². The molecule has 2 rings (SSSR count). The minimum absolute atomic E-state index is 0.0583. The Bertz CT molecular complexity index is 298. The number of aliphatic hydroxyl groups excluding tert-OH is 1. The van der Waals surface area contributed by atoms with Crippen molar-refractivity contribution >= 4 is 0 Å². The molecule has 1 aliphatic carbocycles. The first-order valence-corrected chi connectivity index (χ1v) is 4.69. The molecule has 2 nitrogen and oxygen atoms in total. The Morgan fingerprint density at radius 2 is 1.85 bits per heavy atom. The minimum atomic E-state index is -0.387. The molecular formula is C11H15NO. The summed E-state index contributed by atoms with van der Waals surface area (Å²) in [7, 11) is 0. The fraction of sp³-hybridized carbons (Fsp3) is 0.455. The second-order valence-corrected chi connectivity index (χ2v) is 3.95. The fourth-order valence-corrected chi connectivity index (χ4v) is 1.52. The summed E-state index contributed by atoms with van der Waals surface area (Å²) in [5, 5.41) is 9.30. The van der Waals surface area contributed by atoms with Crippen LogP contribution in [0.1, 0.15) is 37.0 Å². The van der Waals surface area contributed by atoms with Crippen LogP contribution in [0.15, 0.2) is 24.3 Å². The van der Waals surface area contributed by atoms with Crippen LogP contribution >= 0.6 is 0 Å². The summed E-state index contributed by atoms with van der Waals surface area (Å²) in [5.41, 5.74) is 8.12. The highest BCUT2D eigenvalue weighted by molar-refractivity contribution is 5.32. The first-order valence-electron chi connectivity index (χ1n) is 4.69. The SMILES string of the molecule is CC(O)c1ccc(C2(N)CC2)cc1. The summed E-state index contributed by atoms with van der Waals surface area (Å²) in [6.07, 6.45) is 1.78. The third-order valence-electron chi connectivity index (χ3n) is 2.76. The molecule has 1 unspecified atom stereocenters. The third kappa shape index (κ3) is 1.60. The Hall–Kier alpha value is -0.860. The molecule has 1 aliphatic rings. The zero-order valence-corrected chi connectivity index (χ0v) is 7.83. The summed E-state index contributed by atoms with van der Waals surface area (Å²) >= 11 is 0. The van der Waals surface area contributed by atoms with Crippen LogP contribution in [-0.4, -0.2) is 5.11 Å². The summed E-state index contributed by atoms with van der Waals surface area (Å²) in [4.78, 5) is 0. The van der Waals surface area contributed by atoms with Crippen LogP contribution in [-0.2, 0) is 5.54 Å². The van der Waals surface area contributed by atoms with Gasteiger partial charge in [0.15, 0.2) is 0 Å². The van der Waals surface area contributed by atoms with E-state index in [1.807, 2.05) is 24.3 Å². The molecule has 0 saturated heterocycles. The van der Waals surface area contributed by atoms with Crippen molar-refractivity contribution in [3.63, 3.8) is 0 Å². The average molecular weight is 177 g/mol. The Morgan fingerprint density at radius 3 is 2.23 bits per heavy atom. The molecule has 0 heterocycles. The molecule has 1 saturated carbocycles. The molecule has 1 aromatic rings. The van der Waals surface area contributed by atoms with E-state index in [2.05, 4.69) is 0 Å². The fourth-order valence-electron chi connectivity index (χ4n) is 1.52. The van der Waals surface area contributed by atoms with Crippen LogP contribution in [0.2, 0.25) is 0 Å². The third-order valence-corrected chi connectivity index (χ3v) is 2.76. The lowest BCUT2D eigenvalue weighted by atomic mass is 10.0. The Morgan fingerprint density at radius 1 is 1.31 bits per heavy atom. The van der Waals surface area contributed by atoms with Gasteiger partial charge in [-0.05, 0) is 30.9 Å². The molecule has 0 bridgehead atoms. The zero-order valence-electron chi connectivity index (χ0n) is 7.83. The second-order valence-electron chi connectivity index (χ2n) is 3.95. The van der Waals surface area contributed by atoms with Crippen LogP contribution in [0.4, 0.5) is 0 Å². The summed E-state index contributed by atoms with van der Waals surface area (Å²) < 4.78 is 0. The van der Waals surface area contributed by atoms with Crippen molar-refractivity contribution in [2.75, 3.05) is 0 Å². The molecule has 0 amide bonds. The molecular weight excluding hydrogens is 162 g/mol. The number of nitrogens with two attached hydrogens (primary N) is 1. The van der Waals surface area contributed by atoms with Gasteiger partial charge in [0, 0.05) is 5.54 Å². The van der Waals surface area contributed by atoms with Crippen molar-refractivity contribution in [3.8, 4) is 0 Å². The molecule has 0 aliphatic heterocycles. The van der Waals surface area contributed by atoms with Gasteiger partial charge >= 0.3 is 0 Å². The lowest BCUT2D eigenvalue weighted by molar-refractivity contribution is 0.199. The van der Waals surface area contributed by atoms with E-state index >= 15 is 0 Å². The summed E-state index contributed by atoms with van der Waals surface area (Å²) in [6, 6.07) is 7.95. The van der Waals surface area contributed by atoms with Gasteiger partial charge in [-0.3, -0.25) is 0 Å². The molecule has 1 atom stereocenters. The predicted molar refractivity (Wildman–Crippen MR) is 52.2 cm³/mol. The van der Waals surface area contributed by atoms with Crippen LogP contribution in [0.5, 0.6) is 0 Å². The molecule has 3 N–H and O–H groups in total. The maximum atomic E-state index is 9.30. The average Bonchev–Trinajstić information content (AvgIpc) is 2.85. The molecule has 1 fully saturated rings. The van der Waals surface area contributed by atoms with Gasteiger partial charge in [0.1, 0.15) is 0 Å². The smallest absolute Gasteiger partial charge is 0.0761 e. The quantitative estimate of drug-likeness (QED) is 0.722. The van der Waals surface area contributed by atoms with Gasteiger partial charge in [0.05, 0.1) is 6.10 Å². The molecule has 13 heavy (non-hydrogen) atoms. The molecule has 0 aromatic heterocycles. The minimum Gasteiger partial charge on any atom is -0.389 e. The van der Waals surface area contributed by atoms with E-state index in [9.17, 15) is 5.11 Å². The maximum Gasteiger partial charge on any atom is 0.0761 e. The van der Waals surface area contributed by atoms with E-state index < -0.39 is 0 Å². The lowest BCUT2D eigenvalue weighted by Crippen LogP contribution is -2.18. The molecule has 2 heteroatoms. The van der Waals surface area contributed by atoms with Gasteiger partial charge in [-0.2, -0.15) is 0 Å². The highest BCUT2D eigenvalue weighted by atomic mass is 16.3. The Balaban J connectivity index is 2.24. The molecule has 0 radical (unpaired) electrons. The van der Waals surface area contributed by atoms with E-state index in [4.69, 9.17) is 5.73 Å². The van der Waals surface area contributed by atoms with Crippen molar-refractivity contribution in [1.29, 1.82) is 0 Å². The maximum absolute atomic E-state index is 9.30. The van der Waals surface area contributed by atoms with Crippen molar-refractivity contribution in [1.82, 2.24) is 0 Å². The number of hydrogen-bond donors (Lipinski definition) is 2. The highest BCUT2D eigenvalue weighted by Crippen LogP contribution is 2.42. The number of benzene rings is 1. The first kappa shape index (κ1) is 8.73. The van der Waals surface area contributed by atoms with E-state index in [1.165, 1.54) is 5.56 Å². The van der Waals surface area contributed by atoms with Gasteiger partial charge in [0.25, 0.3) is 0 Å². The standard InChI is InChI=1S/C11H15NO/c1-8(13)9-2-4-10(5-3-9)11(12)6-7-11/h2-5,8,13H,6-7,12H2,1H3. The topological polar surface area (TPSA) is 46.2 Å². The lowest BCUT2D eigenvalue weighted by Gasteiger charge is -2.10. The Labute approximate surface area is 78.4 Å². The molecule has 1 aromatic carbocycles. The van der Waals surface area contributed by atoms with Gasteiger partial charge in [-0.1, -0.05) is 24.3 Å². The van der Waals surface area contributed by atoms with Gasteiger partial charge in [-0.25, -0.2) is 0 Å². The van der Waals surface area contributed by atoms with Gasteiger partial charge in [-0.15, -0.1) is 0 Å². The van der Waals surface area contributed by atoms with E-state index in [0.717, 1.165) is 18.4 Å². The monoisotopic (exact) mass is 177 g/mol. The van der Waals surface area contributed by atoms with Crippen LogP contribution < -0.4 is 5.73 Å². The van der Waals surface area contributed by atoms with E-state index in [-0.39, 0.29) is 11.6 Å². The normalized spacial score (nSPS) is 21.2. The number of rotatable bonds is 2. The molecule has 0 spiro atoms. The summed E-state index contributed by atoms with van der Waals surface area (Å²) in [6.45, 7) is 1.77. The Kier molecular flexibility index (Phi) is 1.90. The predicted octanol–water partition coefficient (Wildman–Crippen LogP) is 1.69. The van der Waals surface area contributed by atoms with Gasteiger partial charge < -0.3 is 10.8 Å². The largest absolute Gasteiger partial charge is 0.389 e. The van der Waals surface area contributed by atoms with Crippen LogP contribution in [0, 0.1) is 0 Å². The number of aliphatic hydroxyl groups is 1. The van der Waals surface area contributed by atoms with Crippen molar-refractivity contribution in [2.45, 2.75) is 31.4 Å². The van der Waals surface area contributed by atoms with E-state index in [0.29, 0.717) is 0 Å². The highest BCUT2D eigenvalue weighted by Gasteiger charge is 2.39. The second kappa shape index (κ2) is 2.82. The van der Waals surface area contributed by atoms with Crippen molar-refractivity contribution < 1.29 is 5.11 Å². The van der Waals surface area contributed by atoms with Crippen LogP contribution in [0.25, 0.3) is 0 Å². The summed E-state index contributed by atoms with van der Waals surface area (Å²) in [5.74, 6) is 0. The van der Waals surface area contributed by atoms with Gasteiger partial charge in [0.2, 0.25) is 0 Å². The molecule has 70 valence electrons. The number of hydrogen-bond acceptors (Lipinski definition) is 2. The van der Waals surface area contributed by atoms with Crippen molar-refractivity contribution in [3.05, 3.63) is 35.4 Å². The van der Waals surface area contributed by atoms with E-state index in [1.54, 1.807) is 6.92 Å². The van der Waals surface area contributed by atoms with Crippen LogP contribution in [0.3, 0.4) is 0 Å².